The zero-order chi connectivity index (χ0) is 11.9. The zero-order valence-electron chi connectivity index (χ0n) is 11.1. The highest BCUT2D eigenvalue weighted by atomic mass is 15.2. The summed E-state index contributed by atoms with van der Waals surface area (Å²) in [6.07, 6.45) is 8.98. The molecule has 4 aliphatic rings. The highest BCUT2D eigenvalue weighted by Crippen LogP contribution is 2.59. The normalized spacial score (nSPS) is 43.9. The van der Waals surface area contributed by atoms with Crippen LogP contribution in [0.15, 0.2) is 4.99 Å². The van der Waals surface area contributed by atoms with Crippen LogP contribution >= 0.6 is 0 Å². The van der Waals surface area contributed by atoms with E-state index in [9.17, 15) is 0 Å². The Morgan fingerprint density at radius 2 is 1.65 bits per heavy atom. The van der Waals surface area contributed by atoms with Crippen LogP contribution in [0.5, 0.6) is 0 Å². The standard InChI is InChI=1S/C14H25N3/c1-15-13(16-2)17-9-14-6-10-3-11(7-14)5-12(4-10)8-14/h10-12H,3-9H2,1-2H3,(H2,15,16,17). The highest BCUT2D eigenvalue weighted by molar-refractivity contribution is 5.79. The lowest BCUT2D eigenvalue weighted by Gasteiger charge is -2.57. The smallest absolute Gasteiger partial charge is 0.190 e. The number of nitrogens with one attached hydrogen (secondary N) is 2. The van der Waals surface area contributed by atoms with Gasteiger partial charge in [-0.15, -0.1) is 0 Å². The van der Waals surface area contributed by atoms with Gasteiger partial charge in [-0.2, -0.15) is 0 Å². The molecule has 0 atom stereocenters. The minimum Gasteiger partial charge on any atom is -0.359 e. The Bertz CT molecular complexity index is 286. The van der Waals surface area contributed by atoms with Crippen LogP contribution in [-0.2, 0) is 0 Å². The van der Waals surface area contributed by atoms with E-state index in [4.69, 9.17) is 0 Å². The monoisotopic (exact) mass is 235 g/mol. The molecule has 96 valence electrons. The minimum atomic E-state index is 0.599. The highest BCUT2D eigenvalue weighted by Gasteiger charge is 2.50. The Hall–Kier alpha value is -0.730. The van der Waals surface area contributed by atoms with Crippen LogP contribution in [0.1, 0.15) is 38.5 Å². The SMILES string of the molecule is CN=C(NC)NCC12CC3CC(CC(C3)C1)C2. The summed E-state index contributed by atoms with van der Waals surface area (Å²) < 4.78 is 0. The fourth-order valence-corrected chi connectivity index (χ4v) is 5.06. The molecule has 3 heteroatoms. The van der Waals surface area contributed by atoms with Gasteiger partial charge in [-0.25, -0.2) is 0 Å². The second kappa shape index (κ2) is 4.18. The molecular formula is C14H25N3. The van der Waals surface area contributed by atoms with E-state index in [-0.39, 0.29) is 0 Å². The molecule has 4 saturated carbocycles. The van der Waals surface area contributed by atoms with Crippen molar-refractivity contribution in [2.75, 3.05) is 20.6 Å². The van der Waals surface area contributed by atoms with Gasteiger partial charge in [-0.3, -0.25) is 4.99 Å². The molecule has 0 heterocycles. The summed E-state index contributed by atoms with van der Waals surface area (Å²) in [5.74, 6) is 4.07. The quantitative estimate of drug-likeness (QED) is 0.567. The molecule has 0 unspecified atom stereocenters. The molecule has 0 saturated heterocycles. The maximum absolute atomic E-state index is 4.22. The van der Waals surface area contributed by atoms with Gasteiger partial charge in [0, 0.05) is 20.6 Å². The van der Waals surface area contributed by atoms with Crippen molar-refractivity contribution >= 4 is 5.96 Å². The van der Waals surface area contributed by atoms with Gasteiger partial charge in [0.05, 0.1) is 0 Å². The maximum Gasteiger partial charge on any atom is 0.190 e. The third-order valence-corrected chi connectivity index (χ3v) is 5.26. The number of rotatable bonds is 2. The molecule has 4 bridgehead atoms. The van der Waals surface area contributed by atoms with Crippen LogP contribution in [0.4, 0.5) is 0 Å². The third kappa shape index (κ3) is 2.04. The predicted molar refractivity (Wildman–Crippen MR) is 71.0 cm³/mol. The molecule has 3 nitrogen and oxygen atoms in total. The summed E-state index contributed by atoms with van der Waals surface area (Å²) in [5, 5.41) is 6.64. The van der Waals surface area contributed by atoms with Gasteiger partial charge in [-0.05, 0) is 61.7 Å². The molecule has 0 aromatic heterocycles. The fraction of sp³-hybridized carbons (Fsp3) is 0.929. The molecule has 0 aliphatic heterocycles. The van der Waals surface area contributed by atoms with Gasteiger partial charge in [0.15, 0.2) is 5.96 Å². The Balaban J connectivity index is 1.66. The van der Waals surface area contributed by atoms with Gasteiger partial charge in [-0.1, -0.05) is 0 Å². The largest absolute Gasteiger partial charge is 0.359 e. The molecule has 4 aliphatic carbocycles. The summed E-state index contributed by atoms with van der Waals surface area (Å²) >= 11 is 0. The zero-order valence-corrected chi connectivity index (χ0v) is 11.1. The van der Waals surface area contributed by atoms with Crippen LogP contribution in [-0.4, -0.2) is 26.6 Å². The summed E-state index contributed by atoms with van der Waals surface area (Å²) in [6.45, 7) is 1.13. The number of guanidine groups is 1. The lowest BCUT2D eigenvalue weighted by Crippen LogP contribution is -2.52. The number of hydrogen-bond acceptors (Lipinski definition) is 1. The number of aliphatic imine (C=N–C) groups is 1. The molecule has 17 heavy (non-hydrogen) atoms. The summed E-state index contributed by atoms with van der Waals surface area (Å²) in [4.78, 5) is 4.22. The van der Waals surface area contributed by atoms with Crippen molar-refractivity contribution in [3.05, 3.63) is 0 Å². The second-order valence-corrected chi connectivity index (χ2v) is 6.59. The maximum atomic E-state index is 4.22. The first-order chi connectivity index (χ1) is 8.23. The van der Waals surface area contributed by atoms with E-state index < -0.39 is 0 Å². The van der Waals surface area contributed by atoms with Gasteiger partial charge in [0.2, 0.25) is 0 Å². The number of nitrogens with zero attached hydrogens (tertiary/aromatic N) is 1. The molecular weight excluding hydrogens is 210 g/mol. The van der Waals surface area contributed by atoms with E-state index in [1.165, 1.54) is 38.5 Å². The Kier molecular flexibility index (Phi) is 2.80. The number of hydrogen-bond donors (Lipinski definition) is 2. The molecule has 0 amide bonds. The van der Waals surface area contributed by atoms with Gasteiger partial charge < -0.3 is 10.6 Å². The van der Waals surface area contributed by atoms with Crippen molar-refractivity contribution in [2.24, 2.45) is 28.2 Å². The van der Waals surface area contributed by atoms with Crippen LogP contribution < -0.4 is 10.6 Å². The van der Waals surface area contributed by atoms with E-state index >= 15 is 0 Å². The van der Waals surface area contributed by atoms with Crippen LogP contribution in [0, 0.1) is 23.2 Å². The Morgan fingerprint density at radius 3 is 2.06 bits per heavy atom. The lowest BCUT2D eigenvalue weighted by molar-refractivity contribution is -0.0492. The fourth-order valence-electron chi connectivity index (χ4n) is 5.06. The van der Waals surface area contributed by atoms with Gasteiger partial charge in [0.25, 0.3) is 0 Å². The first-order valence-corrected chi connectivity index (χ1v) is 7.11. The predicted octanol–water partition coefficient (Wildman–Crippen LogP) is 2.00. The first-order valence-electron chi connectivity index (χ1n) is 7.11. The topological polar surface area (TPSA) is 36.4 Å². The Morgan fingerprint density at radius 1 is 1.12 bits per heavy atom. The molecule has 0 radical (unpaired) electrons. The molecule has 0 aromatic carbocycles. The van der Waals surface area contributed by atoms with Gasteiger partial charge >= 0.3 is 0 Å². The molecule has 0 spiro atoms. The summed E-state index contributed by atoms with van der Waals surface area (Å²) in [6, 6.07) is 0. The van der Waals surface area contributed by atoms with E-state index in [2.05, 4.69) is 15.6 Å². The second-order valence-electron chi connectivity index (χ2n) is 6.59. The summed E-state index contributed by atoms with van der Waals surface area (Å²) in [5.41, 5.74) is 0.599. The average Bonchev–Trinajstić information content (AvgIpc) is 2.28. The van der Waals surface area contributed by atoms with Crippen LogP contribution in [0.3, 0.4) is 0 Å². The van der Waals surface area contributed by atoms with Crippen molar-refractivity contribution in [1.29, 1.82) is 0 Å². The summed E-state index contributed by atoms with van der Waals surface area (Å²) in [7, 11) is 3.79. The van der Waals surface area contributed by atoms with Crippen molar-refractivity contribution in [2.45, 2.75) is 38.5 Å². The average molecular weight is 235 g/mol. The van der Waals surface area contributed by atoms with Crippen LogP contribution in [0.2, 0.25) is 0 Å². The van der Waals surface area contributed by atoms with E-state index in [0.29, 0.717) is 5.41 Å². The third-order valence-electron chi connectivity index (χ3n) is 5.26. The van der Waals surface area contributed by atoms with Crippen LogP contribution in [0.25, 0.3) is 0 Å². The molecule has 2 N–H and O–H groups in total. The van der Waals surface area contributed by atoms with E-state index in [1.807, 2.05) is 14.1 Å². The van der Waals surface area contributed by atoms with Crippen molar-refractivity contribution in [3.63, 3.8) is 0 Å². The molecule has 4 rings (SSSR count). The first kappa shape index (κ1) is 11.4. The molecule has 4 fully saturated rings. The van der Waals surface area contributed by atoms with Crippen molar-refractivity contribution in [1.82, 2.24) is 10.6 Å². The Labute approximate surface area is 104 Å². The minimum absolute atomic E-state index is 0.599. The van der Waals surface area contributed by atoms with E-state index in [0.717, 1.165) is 30.3 Å². The lowest BCUT2D eigenvalue weighted by atomic mass is 9.49. The van der Waals surface area contributed by atoms with Crippen molar-refractivity contribution in [3.8, 4) is 0 Å². The van der Waals surface area contributed by atoms with Crippen molar-refractivity contribution < 1.29 is 0 Å². The van der Waals surface area contributed by atoms with E-state index in [1.54, 1.807) is 0 Å². The van der Waals surface area contributed by atoms with Gasteiger partial charge in [0.1, 0.15) is 0 Å². The molecule has 0 aromatic rings.